The van der Waals surface area contributed by atoms with E-state index in [1.54, 1.807) is 36.4 Å². The molecular weight excluding hydrogens is 420 g/mol. The fraction of sp³-hybridized carbons (Fsp3) is 0.238. The van der Waals surface area contributed by atoms with Crippen molar-refractivity contribution in [3.63, 3.8) is 0 Å². The number of aromatic hydroxyl groups is 1. The molecule has 3 heterocycles. The Morgan fingerprint density at radius 3 is 2.38 bits per heavy atom. The number of halogens is 2. The Balaban J connectivity index is 1.65. The van der Waals surface area contributed by atoms with Crippen LogP contribution >= 0.6 is 0 Å². The van der Waals surface area contributed by atoms with Crippen molar-refractivity contribution in [3.8, 4) is 11.7 Å². The number of hydrogen-bond donors (Lipinski definition) is 2. The number of benzene rings is 2. The van der Waals surface area contributed by atoms with E-state index in [1.165, 1.54) is 16.7 Å². The fourth-order valence-electron chi connectivity index (χ4n) is 3.49. The second kappa shape index (κ2) is 8.35. The number of anilines is 3. The Labute approximate surface area is 181 Å². The molecule has 0 amide bonds. The minimum Gasteiger partial charge on any atom is -0.508 e. The van der Waals surface area contributed by atoms with E-state index < -0.39 is 12.2 Å². The molecule has 5 rings (SSSR count). The molecule has 32 heavy (non-hydrogen) atoms. The summed E-state index contributed by atoms with van der Waals surface area (Å²) in [4.78, 5) is 19.4. The van der Waals surface area contributed by atoms with Crippen LogP contribution in [0.2, 0.25) is 0 Å². The van der Waals surface area contributed by atoms with Gasteiger partial charge in [-0.2, -0.15) is 15.0 Å². The Hall–Kier alpha value is -3.86. The molecule has 4 aromatic rings. The van der Waals surface area contributed by atoms with E-state index in [9.17, 15) is 13.9 Å². The van der Waals surface area contributed by atoms with E-state index in [2.05, 4.69) is 25.3 Å². The highest BCUT2D eigenvalue weighted by Crippen LogP contribution is 2.28. The Kier molecular flexibility index (Phi) is 5.23. The number of alkyl halides is 2. The first-order valence-corrected chi connectivity index (χ1v) is 9.99. The molecule has 2 aromatic carbocycles. The van der Waals surface area contributed by atoms with E-state index in [0.29, 0.717) is 49.0 Å². The molecule has 0 unspecified atom stereocenters. The first-order chi connectivity index (χ1) is 15.6. The number of nitrogens with zero attached hydrogens (tertiary/aromatic N) is 6. The molecule has 9 nitrogen and oxygen atoms in total. The molecule has 11 heteroatoms. The number of para-hydroxylation sites is 2. The molecule has 1 aliphatic heterocycles. The predicted octanol–water partition coefficient (Wildman–Crippen LogP) is 3.43. The summed E-state index contributed by atoms with van der Waals surface area (Å²) in [5.41, 5.74) is 1.51. The first kappa shape index (κ1) is 20.1. The van der Waals surface area contributed by atoms with Crippen molar-refractivity contribution >= 4 is 28.6 Å². The topological polar surface area (TPSA) is 101 Å². The van der Waals surface area contributed by atoms with Gasteiger partial charge in [-0.25, -0.2) is 13.8 Å². The smallest absolute Gasteiger partial charge is 0.296 e. The lowest BCUT2D eigenvalue weighted by Gasteiger charge is -2.27. The van der Waals surface area contributed by atoms with Gasteiger partial charge < -0.3 is 20.1 Å². The van der Waals surface area contributed by atoms with Crippen molar-refractivity contribution in [2.24, 2.45) is 0 Å². The maximum absolute atomic E-state index is 13.9. The lowest BCUT2D eigenvalue weighted by molar-refractivity contribution is 0.122. The zero-order valence-electron chi connectivity index (χ0n) is 16.8. The number of rotatable bonds is 5. The van der Waals surface area contributed by atoms with Crippen molar-refractivity contribution in [2.75, 3.05) is 36.5 Å². The largest absolute Gasteiger partial charge is 0.508 e. The van der Waals surface area contributed by atoms with Gasteiger partial charge in [0.05, 0.1) is 24.2 Å². The molecule has 1 aliphatic rings. The van der Waals surface area contributed by atoms with Crippen LogP contribution in [-0.4, -0.2) is 55.9 Å². The molecule has 0 bridgehead atoms. The number of hydrogen-bond acceptors (Lipinski definition) is 8. The van der Waals surface area contributed by atoms with Gasteiger partial charge in [-0.15, -0.1) is 0 Å². The van der Waals surface area contributed by atoms with Gasteiger partial charge in [0, 0.05) is 18.8 Å². The van der Waals surface area contributed by atoms with Crippen molar-refractivity contribution in [1.29, 1.82) is 0 Å². The van der Waals surface area contributed by atoms with E-state index >= 15 is 0 Å². The Bertz CT molecular complexity index is 1240. The summed E-state index contributed by atoms with van der Waals surface area (Å²) < 4.78 is 34.4. The van der Waals surface area contributed by atoms with Gasteiger partial charge in [0.15, 0.2) is 5.82 Å². The minimum atomic E-state index is -2.82. The molecule has 0 spiro atoms. The lowest BCUT2D eigenvalue weighted by atomic mass is 10.3. The average Bonchev–Trinajstić information content (AvgIpc) is 3.21. The fourth-order valence-corrected chi connectivity index (χ4v) is 3.49. The minimum absolute atomic E-state index is 0.0340. The average molecular weight is 439 g/mol. The summed E-state index contributed by atoms with van der Waals surface area (Å²) in [6, 6.07) is 13.2. The predicted molar refractivity (Wildman–Crippen MR) is 114 cm³/mol. The van der Waals surface area contributed by atoms with Crippen LogP contribution in [-0.2, 0) is 4.74 Å². The molecule has 0 atom stereocenters. The second-order valence-electron chi connectivity index (χ2n) is 7.13. The maximum atomic E-state index is 13.9. The molecule has 2 aromatic heterocycles. The van der Waals surface area contributed by atoms with Crippen LogP contribution in [0.3, 0.4) is 0 Å². The summed E-state index contributed by atoms with van der Waals surface area (Å²) in [6.07, 6.45) is -2.82. The van der Waals surface area contributed by atoms with Crippen molar-refractivity contribution in [1.82, 2.24) is 24.5 Å². The van der Waals surface area contributed by atoms with Crippen LogP contribution in [0.25, 0.3) is 17.0 Å². The summed E-state index contributed by atoms with van der Waals surface area (Å²) >= 11 is 0. The van der Waals surface area contributed by atoms with Crippen LogP contribution < -0.4 is 10.2 Å². The molecule has 0 aliphatic carbocycles. The monoisotopic (exact) mass is 439 g/mol. The van der Waals surface area contributed by atoms with Crippen molar-refractivity contribution in [2.45, 2.75) is 6.43 Å². The number of phenolic OH excluding ortho intramolecular Hbond substituents is 1. The lowest BCUT2D eigenvalue weighted by Crippen LogP contribution is -2.37. The second-order valence-corrected chi connectivity index (χ2v) is 7.13. The third-order valence-corrected chi connectivity index (χ3v) is 5.01. The van der Waals surface area contributed by atoms with Gasteiger partial charge in [0.2, 0.25) is 17.8 Å². The van der Waals surface area contributed by atoms with Crippen molar-refractivity contribution in [3.05, 3.63) is 54.4 Å². The Morgan fingerprint density at radius 2 is 1.62 bits per heavy atom. The molecule has 1 saturated heterocycles. The van der Waals surface area contributed by atoms with Gasteiger partial charge in [0.1, 0.15) is 5.75 Å². The molecular formula is C21H19F2N7O2. The summed E-state index contributed by atoms with van der Waals surface area (Å²) in [7, 11) is 0. The quantitative estimate of drug-likeness (QED) is 0.456. The SMILES string of the molecule is Oc1ccc(Nc2nc(N3CCOCC3)nc(-n3c(C(F)F)nc4ccccc43)n2)cc1. The van der Waals surface area contributed by atoms with Gasteiger partial charge in [-0.3, -0.25) is 4.57 Å². The molecule has 0 radical (unpaired) electrons. The number of morpholine rings is 1. The molecule has 2 N–H and O–H groups in total. The highest BCUT2D eigenvalue weighted by Gasteiger charge is 2.24. The van der Waals surface area contributed by atoms with Crippen LogP contribution in [0.5, 0.6) is 5.75 Å². The van der Waals surface area contributed by atoms with Crippen LogP contribution in [0.15, 0.2) is 48.5 Å². The normalized spacial score (nSPS) is 14.3. The number of fused-ring (bicyclic) bond motifs is 1. The summed E-state index contributed by atoms with van der Waals surface area (Å²) in [5, 5.41) is 12.6. The Morgan fingerprint density at radius 1 is 0.906 bits per heavy atom. The summed E-state index contributed by atoms with van der Waals surface area (Å²) in [6.45, 7) is 2.15. The summed E-state index contributed by atoms with van der Waals surface area (Å²) in [5.74, 6) is 0.234. The van der Waals surface area contributed by atoms with Gasteiger partial charge in [-0.05, 0) is 36.4 Å². The third-order valence-electron chi connectivity index (χ3n) is 5.01. The highest BCUT2D eigenvalue weighted by molar-refractivity contribution is 5.77. The van der Waals surface area contributed by atoms with Crippen LogP contribution in [0.4, 0.5) is 26.4 Å². The number of ether oxygens (including phenoxy) is 1. The standard InChI is InChI=1S/C21H19F2N7O2/c22-17(23)18-25-15-3-1-2-4-16(15)30(18)21-27-19(24-13-5-7-14(31)8-6-13)26-20(28-21)29-9-11-32-12-10-29/h1-8,17,31H,9-12H2,(H,24,26,27,28). The number of imidazole rings is 1. The number of aromatic nitrogens is 5. The van der Waals surface area contributed by atoms with Gasteiger partial charge >= 0.3 is 0 Å². The van der Waals surface area contributed by atoms with Crippen LogP contribution in [0.1, 0.15) is 12.2 Å². The molecule has 0 saturated carbocycles. The zero-order valence-corrected chi connectivity index (χ0v) is 16.8. The zero-order chi connectivity index (χ0) is 22.1. The van der Waals surface area contributed by atoms with Crippen LogP contribution in [0, 0.1) is 0 Å². The van der Waals surface area contributed by atoms with Crippen molar-refractivity contribution < 1.29 is 18.6 Å². The van der Waals surface area contributed by atoms with E-state index in [0.717, 1.165) is 0 Å². The number of phenols is 1. The maximum Gasteiger partial charge on any atom is 0.296 e. The van der Waals surface area contributed by atoms with E-state index in [1.807, 2.05) is 4.90 Å². The first-order valence-electron chi connectivity index (χ1n) is 9.99. The number of nitrogens with one attached hydrogen (secondary N) is 1. The third kappa shape index (κ3) is 3.89. The molecule has 164 valence electrons. The van der Waals surface area contributed by atoms with E-state index in [4.69, 9.17) is 4.74 Å². The van der Waals surface area contributed by atoms with Gasteiger partial charge in [0.25, 0.3) is 6.43 Å². The van der Waals surface area contributed by atoms with E-state index in [-0.39, 0.29) is 17.6 Å². The molecule has 1 fully saturated rings. The van der Waals surface area contributed by atoms with Gasteiger partial charge in [-0.1, -0.05) is 12.1 Å². The highest BCUT2D eigenvalue weighted by atomic mass is 19.3.